The van der Waals surface area contributed by atoms with Gasteiger partial charge in [-0.2, -0.15) is 0 Å². The van der Waals surface area contributed by atoms with Gasteiger partial charge in [-0.25, -0.2) is 0 Å². The van der Waals surface area contributed by atoms with E-state index >= 15 is 0 Å². The van der Waals surface area contributed by atoms with Crippen LogP contribution < -0.4 is 0 Å². The molecule has 4 radical (unpaired) electrons. The van der Waals surface area contributed by atoms with Crippen LogP contribution >= 0.6 is 0 Å². The van der Waals surface area contributed by atoms with E-state index in [0.29, 0.717) is 0 Å². The first-order chi connectivity index (χ1) is 36.4. The van der Waals surface area contributed by atoms with Gasteiger partial charge in [0, 0.05) is 26.4 Å². The monoisotopic (exact) mass is 1260 g/mol. The Morgan fingerprint density at radius 2 is 0.365 bits per heavy atom. The maximum atomic E-state index is 5.82. The number of hydrogen-bond donors (Lipinski definition) is 0. The molecule has 0 heterocycles. The zero-order valence-electron chi connectivity index (χ0n) is 54.0. The maximum absolute atomic E-state index is 5.82. The molecule has 0 rings (SSSR count). The van der Waals surface area contributed by atoms with Gasteiger partial charge in [-0.3, -0.25) is 0 Å². The topological polar surface area (TPSA) is 18.5 Å². The number of unbranched alkanes of at least 4 members (excludes halogenated alkanes) is 40. The van der Waals surface area contributed by atoms with Crippen LogP contribution in [-0.2, 0) is 9.47 Å². The molecule has 0 aliphatic heterocycles. The molecule has 74 heavy (non-hydrogen) atoms. The summed E-state index contributed by atoms with van der Waals surface area (Å²) in [5, 5.41) is 0. The van der Waals surface area contributed by atoms with Crippen molar-refractivity contribution in [3.05, 3.63) is 0 Å². The van der Waals surface area contributed by atoms with E-state index in [4.69, 9.17) is 9.47 Å². The van der Waals surface area contributed by atoms with Gasteiger partial charge in [-0.15, -0.1) is 0 Å². The first-order valence-corrected chi connectivity index (χ1v) is 43.0. The van der Waals surface area contributed by atoms with Crippen LogP contribution in [0.5, 0.6) is 0 Å². The van der Waals surface area contributed by atoms with Crippen molar-refractivity contribution in [3.8, 4) is 0 Å². The van der Waals surface area contributed by atoms with Crippen LogP contribution in [0.1, 0.15) is 390 Å². The van der Waals surface area contributed by atoms with Gasteiger partial charge in [0.25, 0.3) is 0 Å². The van der Waals surface area contributed by atoms with Crippen LogP contribution in [0, 0.1) is 11.8 Å². The fraction of sp³-hybridized carbons (Fsp3) is 1.00. The molecule has 0 aliphatic carbocycles. The molecule has 0 aromatic heterocycles. The molecule has 2 nitrogen and oxygen atoms in total. The third-order valence-corrected chi connectivity index (χ3v) is 22.8. The van der Waals surface area contributed by atoms with Gasteiger partial charge < -0.3 is 9.47 Å². The summed E-state index contributed by atoms with van der Waals surface area (Å²) in [5.74, 6) is 1.77. The van der Waals surface area contributed by atoms with Crippen molar-refractivity contribution < 1.29 is 9.47 Å². The SMILES string of the molecule is CC(C)CCCCCCCCCCOCCCCCCCCCCC(C)C.CCCCCCCCCCCCCCOCCCCCCCCCCCCCC.CCC[CH2][Sn][CH2]CCC.CCC[CH2][Sn][CH2]CCC. The van der Waals surface area contributed by atoms with Crippen LogP contribution in [0.3, 0.4) is 0 Å². The summed E-state index contributed by atoms with van der Waals surface area (Å²) in [6.07, 6.45) is 71.1. The Bertz CT molecular complexity index is 772. The van der Waals surface area contributed by atoms with Gasteiger partial charge in [-0.1, -0.05) is 286 Å². The normalized spacial score (nSPS) is 11.2. The second-order valence-corrected chi connectivity index (χ2v) is 32.5. The van der Waals surface area contributed by atoms with Crippen LogP contribution in [0.2, 0.25) is 17.7 Å². The summed E-state index contributed by atoms with van der Waals surface area (Å²) in [7, 11) is 0. The standard InChI is InChI=1S/C28H58O.C26H54O.4C4H9.2Sn/c1-3-5-7-9-11-13-15-17-19-21-23-25-27-29-28-26-24-22-20-18-16-14-12-10-8-6-4-2;1-25(2)21-17-13-9-5-7-11-15-19-23-27-24-20-16-12-8-6-10-14-18-22-26(3)4;4*1-3-4-2;;/h3-28H2,1-2H3;25-26H,5-24H2,1-4H3;4*1,3-4H2,2H3;;. The molecule has 0 fully saturated rings. The Hall–Kier alpha value is 1.52. The second kappa shape index (κ2) is 83.3. The first kappa shape index (κ1) is 82.0. The number of rotatable bonds is 60. The Balaban J connectivity index is -0.000000498. The molecule has 0 spiro atoms. The van der Waals surface area contributed by atoms with Gasteiger partial charge >= 0.3 is 139 Å². The molecule has 0 aromatic rings. The fourth-order valence-corrected chi connectivity index (χ4v) is 17.7. The van der Waals surface area contributed by atoms with E-state index in [0.717, 1.165) is 38.3 Å². The number of ether oxygens (including phenoxy) is 2. The summed E-state index contributed by atoms with van der Waals surface area (Å²) in [6, 6.07) is 0. The molecular formula is C70H148O2Sn2. The molecule has 0 bridgehead atoms. The molecule has 0 saturated carbocycles. The Morgan fingerprint density at radius 3 is 0.541 bits per heavy atom. The first-order valence-electron chi connectivity index (χ1n) is 34.9. The van der Waals surface area contributed by atoms with E-state index in [2.05, 4.69) is 69.2 Å². The van der Waals surface area contributed by atoms with Crippen LogP contribution in [0.15, 0.2) is 0 Å². The third kappa shape index (κ3) is 95.8. The summed E-state index contributed by atoms with van der Waals surface area (Å²) in [4.78, 5) is 0. The zero-order valence-corrected chi connectivity index (χ0v) is 59.7. The van der Waals surface area contributed by atoms with Gasteiger partial charge in [0.1, 0.15) is 0 Å². The van der Waals surface area contributed by atoms with Crippen molar-refractivity contribution in [1.82, 2.24) is 0 Å². The van der Waals surface area contributed by atoms with Crippen LogP contribution in [-0.4, -0.2) is 68.7 Å². The van der Waals surface area contributed by atoms with Gasteiger partial charge in [0.05, 0.1) is 0 Å². The molecule has 0 N–H and O–H groups in total. The quantitative estimate of drug-likeness (QED) is 0.0446. The van der Waals surface area contributed by atoms with E-state index in [1.165, 1.54) is 321 Å². The minimum absolute atomic E-state index is 0.149. The van der Waals surface area contributed by atoms with Crippen LogP contribution in [0.4, 0.5) is 0 Å². The van der Waals surface area contributed by atoms with Crippen LogP contribution in [0.25, 0.3) is 0 Å². The Morgan fingerprint density at radius 1 is 0.203 bits per heavy atom. The van der Waals surface area contributed by atoms with Crippen molar-refractivity contribution in [1.29, 1.82) is 0 Å². The average Bonchev–Trinajstić information content (AvgIpc) is 3.39. The molecule has 0 saturated heterocycles. The molecule has 0 atom stereocenters. The summed E-state index contributed by atoms with van der Waals surface area (Å²) < 4.78 is 18.1. The molecule has 448 valence electrons. The van der Waals surface area contributed by atoms with Crippen molar-refractivity contribution in [3.63, 3.8) is 0 Å². The van der Waals surface area contributed by atoms with E-state index in [1.54, 1.807) is 17.7 Å². The van der Waals surface area contributed by atoms with Crippen molar-refractivity contribution in [2.75, 3.05) is 26.4 Å². The zero-order chi connectivity index (χ0) is 55.0. The Labute approximate surface area is 494 Å². The number of hydrogen-bond acceptors (Lipinski definition) is 2. The molecule has 4 heteroatoms. The molecule has 0 aromatic carbocycles. The second-order valence-electron chi connectivity index (χ2n) is 23.9. The van der Waals surface area contributed by atoms with Crippen molar-refractivity contribution in [2.45, 2.75) is 408 Å². The molecule has 0 amide bonds. The van der Waals surface area contributed by atoms with Gasteiger partial charge in [0.15, 0.2) is 0 Å². The van der Waals surface area contributed by atoms with E-state index in [-0.39, 0.29) is 42.3 Å². The summed E-state index contributed by atoms with van der Waals surface area (Å²) in [6.45, 7) is 27.1. The predicted molar refractivity (Wildman–Crippen MR) is 347 cm³/mol. The van der Waals surface area contributed by atoms with E-state index < -0.39 is 0 Å². The minimum atomic E-state index is 0.149. The third-order valence-electron chi connectivity index (χ3n) is 14.8. The predicted octanol–water partition coefficient (Wildman–Crippen LogP) is 26.0. The van der Waals surface area contributed by atoms with E-state index in [9.17, 15) is 0 Å². The van der Waals surface area contributed by atoms with Crippen molar-refractivity contribution in [2.24, 2.45) is 11.8 Å². The Kier molecular flexibility index (Phi) is 92.3. The molecule has 0 unspecified atom stereocenters. The molecular weight excluding hydrogens is 1110 g/mol. The summed E-state index contributed by atoms with van der Waals surface area (Å²) in [5.41, 5.74) is 0. The van der Waals surface area contributed by atoms with Gasteiger partial charge in [-0.05, 0) is 37.5 Å². The van der Waals surface area contributed by atoms with Crippen molar-refractivity contribution >= 4 is 42.3 Å². The van der Waals surface area contributed by atoms with E-state index in [1.807, 2.05) is 0 Å². The summed E-state index contributed by atoms with van der Waals surface area (Å²) >= 11 is 0.299. The average molecular weight is 1260 g/mol. The van der Waals surface area contributed by atoms with Gasteiger partial charge in [0.2, 0.25) is 0 Å². The fourth-order valence-electron chi connectivity index (χ4n) is 9.39. The molecule has 0 aliphatic rings.